The van der Waals surface area contributed by atoms with Gasteiger partial charge in [0.15, 0.2) is 29.8 Å². The Bertz CT molecular complexity index is 1320. The zero-order chi connectivity index (χ0) is 23.9. The molecule has 0 saturated heterocycles. The van der Waals surface area contributed by atoms with E-state index in [9.17, 15) is 9.59 Å². The number of anilines is 1. The minimum Gasteiger partial charge on any atom is -0.493 e. The van der Waals surface area contributed by atoms with Gasteiger partial charge in [-0.15, -0.1) is 11.3 Å². The molecule has 0 saturated carbocycles. The van der Waals surface area contributed by atoms with Gasteiger partial charge in [0.2, 0.25) is 0 Å². The predicted molar refractivity (Wildman–Crippen MR) is 130 cm³/mol. The van der Waals surface area contributed by atoms with Crippen molar-refractivity contribution < 1.29 is 28.5 Å². The number of carbonyl (C=O) groups excluding carboxylic acids is 2. The summed E-state index contributed by atoms with van der Waals surface area (Å²) in [6.45, 7) is -0.739. The number of hydrogen-bond acceptors (Lipinski definition) is 8. The highest BCUT2D eigenvalue weighted by atomic mass is 32.1. The first-order chi connectivity index (χ1) is 16.6. The van der Waals surface area contributed by atoms with Crippen LogP contribution in [0, 0.1) is 0 Å². The van der Waals surface area contributed by atoms with Crippen LogP contribution in [0.15, 0.2) is 66.0 Å². The lowest BCUT2D eigenvalue weighted by Gasteiger charge is -2.08. The molecule has 0 radical (unpaired) electrons. The number of fused-ring (bicyclic) bond motifs is 1. The summed E-state index contributed by atoms with van der Waals surface area (Å²) in [5.41, 5.74) is 1.48. The lowest BCUT2D eigenvalue weighted by molar-refractivity contribution is -0.149. The van der Waals surface area contributed by atoms with E-state index >= 15 is 0 Å². The molecule has 1 heterocycles. The standard InChI is InChI=1S/C25H22N2O6S/c1-30-21-10-8-18(12-22(21)31-2)20-15-34-25(26-20)27-23(28)13-33-24(29)14-32-19-9-7-16-5-3-4-6-17(16)11-19/h3-12,15H,13-14H2,1-2H3,(H,26,27,28). The molecule has 1 aromatic heterocycles. The molecule has 1 N–H and O–H groups in total. The third-order valence-electron chi connectivity index (χ3n) is 4.87. The molecule has 0 fully saturated rings. The Kier molecular flexibility index (Phi) is 7.24. The van der Waals surface area contributed by atoms with E-state index in [1.807, 2.05) is 42.5 Å². The van der Waals surface area contributed by atoms with E-state index in [0.717, 1.165) is 16.3 Å². The van der Waals surface area contributed by atoms with Gasteiger partial charge in [-0.05, 0) is 41.1 Å². The third kappa shape index (κ3) is 5.62. The Balaban J connectivity index is 1.26. The molecule has 0 aliphatic rings. The van der Waals surface area contributed by atoms with Crippen LogP contribution in [0.25, 0.3) is 22.0 Å². The number of nitrogens with one attached hydrogen (secondary N) is 1. The smallest absolute Gasteiger partial charge is 0.344 e. The van der Waals surface area contributed by atoms with E-state index in [2.05, 4.69) is 10.3 Å². The van der Waals surface area contributed by atoms with Crippen LogP contribution in [0.2, 0.25) is 0 Å². The quantitative estimate of drug-likeness (QED) is 0.353. The molecule has 0 spiro atoms. The number of ether oxygens (including phenoxy) is 4. The van der Waals surface area contributed by atoms with Crippen molar-refractivity contribution in [3.63, 3.8) is 0 Å². The fraction of sp³-hybridized carbons (Fsp3) is 0.160. The monoisotopic (exact) mass is 478 g/mol. The molecule has 3 aromatic carbocycles. The van der Waals surface area contributed by atoms with Gasteiger partial charge in [-0.3, -0.25) is 10.1 Å². The summed E-state index contributed by atoms with van der Waals surface area (Å²) < 4.78 is 21.0. The van der Waals surface area contributed by atoms with Crippen molar-refractivity contribution in [1.29, 1.82) is 0 Å². The molecule has 4 rings (SSSR count). The fourth-order valence-electron chi connectivity index (χ4n) is 3.20. The van der Waals surface area contributed by atoms with Gasteiger partial charge >= 0.3 is 5.97 Å². The second-order valence-corrected chi connectivity index (χ2v) is 7.97. The highest BCUT2D eigenvalue weighted by molar-refractivity contribution is 7.14. The summed E-state index contributed by atoms with van der Waals surface area (Å²) in [4.78, 5) is 28.5. The van der Waals surface area contributed by atoms with Crippen LogP contribution in [0.5, 0.6) is 17.2 Å². The molecule has 34 heavy (non-hydrogen) atoms. The maximum Gasteiger partial charge on any atom is 0.344 e. The van der Waals surface area contributed by atoms with Gasteiger partial charge in [-0.1, -0.05) is 30.3 Å². The van der Waals surface area contributed by atoms with Crippen molar-refractivity contribution in [3.8, 4) is 28.5 Å². The average molecular weight is 479 g/mol. The van der Waals surface area contributed by atoms with E-state index in [1.165, 1.54) is 11.3 Å². The van der Waals surface area contributed by atoms with Crippen LogP contribution < -0.4 is 19.5 Å². The van der Waals surface area contributed by atoms with Gasteiger partial charge in [-0.2, -0.15) is 0 Å². The number of hydrogen-bond donors (Lipinski definition) is 1. The van der Waals surface area contributed by atoms with Crippen molar-refractivity contribution in [2.24, 2.45) is 0 Å². The SMILES string of the molecule is COc1ccc(-c2csc(NC(=O)COC(=O)COc3ccc4ccccc4c3)n2)cc1OC. The third-order valence-corrected chi connectivity index (χ3v) is 5.63. The topological polar surface area (TPSA) is 96.0 Å². The van der Waals surface area contributed by atoms with Crippen LogP contribution in [0.3, 0.4) is 0 Å². The van der Waals surface area contributed by atoms with Crippen LogP contribution in [0.4, 0.5) is 5.13 Å². The van der Waals surface area contributed by atoms with E-state index in [0.29, 0.717) is 28.1 Å². The molecule has 1 amide bonds. The number of nitrogens with zero attached hydrogens (tertiary/aromatic N) is 1. The average Bonchev–Trinajstić information content (AvgIpc) is 3.34. The number of aromatic nitrogens is 1. The summed E-state index contributed by atoms with van der Waals surface area (Å²) >= 11 is 1.26. The number of carbonyl (C=O) groups is 2. The van der Waals surface area contributed by atoms with E-state index in [4.69, 9.17) is 18.9 Å². The first kappa shape index (κ1) is 23.1. The molecular formula is C25H22N2O6S. The molecular weight excluding hydrogens is 456 g/mol. The minimum atomic E-state index is -0.645. The number of esters is 1. The Morgan fingerprint density at radius 1 is 0.912 bits per heavy atom. The van der Waals surface area contributed by atoms with E-state index < -0.39 is 18.5 Å². The lowest BCUT2D eigenvalue weighted by Crippen LogP contribution is -2.23. The Morgan fingerprint density at radius 2 is 1.71 bits per heavy atom. The van der Waals surface area contributed by atoms with Crippen molar-refractivity contribution in [3.05, 3.63) is 66.0 Å². The second kappa shape index (κ2) is 10.7. The lowest BCUT2D eigenvalue weighted by atomic mass is 10.1. The van der Waals surface area contributed by atoms with Gasteiger partial charge in [0.25, 0.3) is 5.91 Å². The van der Waals surface area contributed by atoms with Crippen LogP contribution in [-0.2, 0) is 14.3 Å². The number of methoxy groups -OCH3 is 2. The maximum absolute atomic E-state index is 12.2. The fourth-order valence-corrected chi connectivity index (χ4v) is 3.94. The number of rotatable bonds is 9. The maximum atomic E-state index is 12.2. The zero-order valence-corrected chi connectivity index (χ0v) is 19.4. The second-order valence-electron chi connectivity index (χ2n) is 7.11. The molecule has 0 atom stereocenters. The first-order valence-electron chi connectivity index (χ1n) is 10.3. The van der Waals surface area contributed by atoms with Gasteiger partial charge in [0.1, 0.15) is 5.75 Å². The van der Waals surface area contributed by atoms with E-state index in [1.54, 1.807) is 37.8 Å². The number of benzene rings is 3. The largest absolute Gasteiger partial charge is 0.493 e. The minimum absolute atomic E-state index is 0.299. The van der Waals surface area contributed by atoms with Crippen LogP contribution in [0.1, 0.15) is 0 Å². The number of thiazole rings is 1. The summed E-state index contributed by atoms with van der Waals surface area (Å²) in [5.74, 6) is 0.601. The molecule has 4 aromatic rings. The van der Waals surface area contributed by atoms with Gasteiger partial charge < -0.3 is 18.9 Å². The van der Waals surface area contributed by atoms with Crippen molar-refractivity contribution in [2.45, 2.75) is 0 Å². The van der Waals surface area contributed by atoms with Gasteiger partial charge in [0, 0.05) is 10.9 Å². The predicted octanol–water partition coefficient (Wildman–Crippen LogP) is 4.54. The molecule has 0 aliphatic heterocycles. The Hall–Kier alpha value is -4.11. The van der Waals surface area contributed by atoms with E-state index in [-0.39, 0.29) is 6.61 Å². The zero-order valence-electron chi connectivity index (χ0n) is 18.6. The van der Waals surface area contributed by atoms with Crippen LogP contribution >= 0.6 is 11.3 Å². The van der Waals surface area contributed by atoms with Gasteiger partial charge in [-0.25, -0.2) is 9.78 Å². The van der Waals surface area contributed by atoms with Crippen molar-refractivity contribution in [1.82, 2.24) is 4.98 Å². The number of amides is 1. The Labute approximate surface area is 200 Å². The summed E-state index contributed by atoms with van der Waals surface area (Å²) in [6.07, 6.45) is 0. The normalized spacial score (nSPS) is 10.5. The molecule has 9 heteroatoms. The van der Waals surface area contributed by atoms with Crippen molar-refractivity contribution in [2.75, 3.05) is 32.8 Å². The molecule has 0 aliphatic carbocycles. The van der Waals surface area contributed by atoms with Gasteiger partial charge in [0.05, 0.1) is 19.9 Å². The first-order valence-corrected chi connectivity index (χ1v) is 11.2. The highest BCUT2D eigenvalue weighted by Crippen LogP contribution is 2.33. The molecule has 0 unspecified atom stereocenters. The van der Waals surface area contributed by atoms with Crippen molar-refractivity contribution >= 4 is 39.1 Å². The van der Waals surface area contributed by atoms with Crippen LogP contribution in [-0.4, -0.2) is 44.3 Å². The summed E-state index contributed by atoms with van der Waals surface area (Å²) in [5, 5.41) is 6.90. The summed E-state index contributed by atoms with van der Waals surface area (Å²) in [7, 11) is 3.12. The Morgan fingerprint density at radius 3 is 2.50 bits per heavy atom. The molecule has 8 nitrogen and oxygen atoms in total. The highest BCUT2D eigenvalue weighted by Gasteiger charge is 2.13. The molecule has 174 valence electrons. The molecule has 0 bridgehead atoms. The summed E-state index contributed by atoms with van der Waals surface area (Å²) in [6, 6.07) is 18.8.